The highest BCUT2D eigenvalue weighted by atomic mass is 16.3. The van der Waals surface area contributed by atoms with Crippen molar-refractivity contribution in [2.24, 2.45) is 0 Å². The summed E-state index contributed by atoms with van der Waals surface area (Å²) in [6.45, 7) is 4.25. The Labute approximate surface area is 85.1 Å². The van der Waals surface area contributed by atoms with Crippen molar-refractivity contribution in [2.45, 2.75) is 20.3 Å². The van der Waals surface area contributed by atoms with Gasteiger partial charge in [0.1, 0.15) is 5.75 Å². The van der Waals surface area contributed by atoms with Gasteiger partial charge in [-0.05, 0) is 12.1 Å². The minimum Gasteiger partial charge on any atom is -0.507 e. The Hall–Kier alpha value is -1.39. The van der Waals surface area contributed by atoms with Crippen LogP contribution in [0.3, 0.4) is 0 Å². The first kappa shape index (κ1) is 18.4. The van der Waals surface area contributed by atoms with E-state index in [2.05, 4.69) is 13.8 Å². The molecule has 0 heterocycles. The zero-order valence-electron chi connectivity index (χ0n) is 8.86. The van der Waals surface area contributed by atoms with E-state index in [1.165, 1.54) is 12.5 Å². The molecule has 1 rings (SSSR count). The second kappa shape index (κ2) is 11.6. The lowest BCUT2D eigenvalue weighted by molar-refractivity contribution is 0.112. The maximum absolute atomic E-state index is 10.1. The molecule has 0 fully saturated rings. The number of phenols is 1. The second-order valence-electron chi connectivity index (χ2n) is 2.38. The van der Waals surface area contributed by atoms with Gasteiger partial charge in [-0.25, -0.2) is 0 Å². The Morgan fingerprint density at radius 2 is 1.64 bits per heavy atom. The van der Waals surface area contributed by atoms with Crippen LogP contribution in [-0.2, 0) is 0 Å². The van der Waals surface area contributed by atoms with Crippen molar-refractivity contribution in [3.05, 3.63) is 29.8 Å². The average molecular weight is 200 g/mol. The molecule has 0 atom stereocenters. The van der Waals surface area contributed by atoms with Gasteiger partial charge in [0.2, 0.25) is 0 Å². The number of hydrogen-bond acceptors (Lipinski definition) is 4. The number of carbonyl (C=O) groups is 1. The van der Waals surface area contributed by atoms with E-state index in [-0.39, 0.29) is 18.1 Å². The highest BCUT2D eigenvalue weighted by Crippen LogP contribution is 2.11. The van der Waals surface area contributed by atoms with Crippen LogP contribution in [0.5, 0.6) is 5.75 Å². The molecule has 0 aromatic heterocycles. The van der Waals surface area contributed by atoms with Crippen LogP contribution in [0, 0.1) is 0 Å². The van der Waals surface area contributed by atoms with Crippen molar-refractivity contribution >= 4 is 6.29 Å². The topological polar surface area (TPSA) is 107 Å². The lowest BCUT2D eigenvalue weighted by atomic mass is 10.2. The largest absolute Gasteiger partial charge is 0.507 e. The van der Waals surface area contributed by atoms with Gasteiger partial charge in [0.05, 0.1) is 5.56 Å². The summed E-state index contributed by atoms with van der Waals surface area (Å²) >= 11 is 0. The Bertz CT molecular complexity index is 239. The molecule has 1 aromatic rings. The summed E-state index contributed by atoms with van der Waals surface area (Å²) in [5.41, 5.74) is 0.331. The number of carbonyl (C=O) groups excluding carboxylic acids is 1. The molecule has 0 unspecified atom stereocenters. The number of para-hydroxylation sites is 1. The van der Waals surface area contributed by atoms with E-state index in [4.69, 9.17) is 5.11 Å². The lowest BCUT2D eigenvalue weighted by Crippen LogP contribution is -1.77. The van der Waals surface area contributed by atoms with Crippen molar-refractivity contribution < 1.29 is 9.90 Å². The molecule has 4 nitrogen and oxygen atoms in total. The molecule has 0 aliphatic carbocycles. The molecule has 0 spiro atoms. The summed E-state index contributed by atoms with van der Waals surface area (Å²) in [4.78, 5) is 10.1. The summed E-state index contributed by atoms with van der Waals surface area (Å²) in [5.74, 6) is 0.0347. The van der Waals surface area contributed by atoms with Crippen LogP contribution in [0.15, 0.2) is 24.3 Å². The Balaban J connectivity index is -0.000000218. The van der Waals surface area contributed by atoms with Gasteiger partial charge in [-0.1, -0.05) is 32.4 Å². The van der Waals surface area contributed by atoms with Gasteiger partial charge < -0.3 is 17.4 Å². The smallest absolute Gasteiger partial charge is 0.153 e. The summed E-state index contributed by atoms with van der Waals surface area (Å²) in [5, 5.41) is 8.88. The predicted molar refractivity (Wildman–Crippen MR) is 59.5 cm³/mol. The number of hydrogen-bond donors (Lipinski definition) is 3. The second-order valence-corrected chi connectivity index (χ2v) is 2.38. The van der Waals surface area contributed by atoms with Gasteiger partial charge in [0.15, 0.2) is 6.29 Å². The third-order valence-corrected chi connectivity index (χ3v) is 1.06. The first-order valence-electron chi connectivity index (χ1n) is 3.99. The van der Waals surface area contributed by atoms with E-state index in [1.807, 2.05) is 0 Å². The molecule has 0 radical (unpaired) electrons. The molecule has 14 heavy (non-hydrogen) atoms. The van der Waals surface area contributed by atoms with Crippen molar-refractivity contribution in [1.29, 1.82) is 0 Å². The Kier molecular flexibility index (Phi) is 15.3. The van der Waals surface area contributed by atoms with E-state index in [1.54, 1.807) is 18.2 Å². The molecule has 1 aromatic carbocycles. The third-order valence-electron chi connectivity index (χ3n) is 1.06. The van der Waals surface area contributed by atoms with E-state index in [0.717, 1.165) is 0 Å². The fraction of sp³-hybridized carbons (Fsp3) is 0.300. The van der Waals surface area contributed by atoms with Crippen molar-refractivity contribution in [2.75, 3.05) is 0 Å². The summed E-state index contributed by atoms with van der Waals surface area (Å²) in [7, 11) is 0. The van der Waals surface area contributed by atoms with Crippen LogP contribution in [-0.4, -0.2) is 11.4 Å². The summed E-state index contributed by atoms with van der Waals surface area (Å²) in [6, 6.07) is 6.40. The number of aldehydes is 1. The first-order valence-corrected chi connectivity index (χ1v) is 3.99. The number of rotatable bonds is 1. The van der Waals surface area contributed by atoms with Crippen LogP contribution in [0.2, 0.25) is 0 Å². The zero-order valence-corrected chi connectivity index (χ0v) is 8.86. The Morgan fingerprint density at radius 3 is 1.93 bits per heavy atom. The average Bonchev–Trinajstić information content (AvgIpc) is 2.07. The molecule has 4 heteroatoms. The molecular weight excluding hydrogens is 180 g/mol. The molecule has 0 saturated carbocycles. The molecule has 0 saturated heterocycles. The molecule has 0 aliphatic heterocycles. The van der Waals surface area contributed by atoms with Gasteiger partial charge in [-0.3, -0.25) is 4.79 Å². The van der Waals surface area contributed by atoms with Crippen LogP contribution in [0.1, 0.15) is 30.6 Å². The van der Waals surface area contributed by atoms with Crippen LogP contribution in [0.25, 0.3) is 0 Å². The quantitative estimate of drug-likeness (QED) is 0.605. The van der Waals surface area contributed by atoms with Crippen LogP contribution in [0.4, 0.5) is 0 Å². The van der Waals surface area contributed by atoms with Gasteiger partial charge >= 0.3 is 0 Å². The van der Waals surface area contributed by atoms with Gasteiger partial charge in [0, 0.05) is 0 Å². The zero-order chi connectivity index (χ0) is 9.40. The highest BCUT2D eigenvalue weighted by Gasteiger charge is 1.93. The van der Waals surface area contributed by atoms with Gasteiger partial charge in [-0.15, -0.1) is 0 Å². The minimum atomic E-state index is 0. The van der Waals surface area contributed by atoms with Crippen molar-refractivity contribution in [3.8, 4) is 5.75 Å². The predicted octanol–water partition coefficient (Wildman–Crippen LogP) is 2.95. The van der Waals surface area contributed by atoms with Gasteiger partial charge in [-0.2, -0.15) is 0 Å². The number of benzene rings is 1. The number of phenolic OH excluding ortho intramolecular Hbond substituents is 1. The highest BCUT2D eigenvalue weighted by molar-refractivity contribution is 5.78. The van der Waals surface area contributed by atoms with E-state index in [9.17, 15) is 4.79 Å². The third kappa shape index (κ3) is 7.27. The first-order chi connectivity index (χ1) is 5.76. The molecule has 82 valence electrons. The Morgan fingerprint density at radius 1 is 1.21 bits per heavy atom. The van der Waals surface area contributed by atoms with Crippen LogP contribution >= 0.6 is 0 Å². The fourth-order valence-corrected chi connectivity index (χ4v) is 0.587. The lowest BCUT2D eigenvalue weighted by Gasteiger charge is -1.91. The maximum Gasteiger partial charge on any atom is 0.153 e. The van der Waals surface area contributed by atoms with Crippen molar-refractivity contribution in [3.63, 3.8) is 0 Å². The molecule has 0 bridgehead atoms. The normalized spacial score (nSPS) is 7.00. The SMILES string of the molecule is CCC.N.N.O=Cc1ccccc1O. The van der Waals surface area contributed by atoms with Crippen LogP contribution < -0.4 is 12.3 Å². The van der Waals surface area contributed by atoms with E-state index < -0.39 is 0 Å². The maximum atomic E-state index is 10.1. The summed E-state index contributed by atoms with van der Waals surface area (Å²) in [6.07, 6.45) is 1.87. The van der Waals surface area contributed by atoms with E-state index in [0.29, 0.717) is 11.8 Å². The van der Waals surface area contributed by atoms with Gasteiger partial charge in [0.25, 0.3) is 0 Å². The molecule has 0 amide bonds. The monoisotopic (exact) mass is 200 g/mol. The number of aromatic hydroxyl groups is 1. The standard InChI is InChI=1S/C7H6O2.C3H8.2H3N/c8-5-6-3-1-2-4-7(6)9;1-3-2;;/h1-5,9H;3H2,1-2H3;2*1H3. The minimum absolute atomic E-state index is 0. The molecule has 0 aliphatic rings. The van der Waals surface area contributed by atoms with Crippen molar-refractivity contribution in [1.82, 2.24) is 12.3 Å². The molecular formula is C10H20N2O2. The van der Waals surface area contributed by atoms with E-state index >= 15 is 0 Å². The molecule has 7 N–H and O–H groups in total. The summed E-state index contributed by atoms with van der Waals surface area (Å²) < 4.78 is 0. The fourth-order valence-electron chi connectivity index (χ4n) is 0.587.